The minimum atomic E-state index is -0.438. The first-order chi connectivity index (χ1) is 5.59. The molecule has 0 unspecified atom stereocenters. The van der Waals surface area contributed by atoms with Gasteiger partial charge >= 0.3 is 5.97 Å². The van der Waals surface area contributed by atoms with Gasteiger partial charge in [0.1, 0.15) is 5.02 Å². The molecule has 12 heavy (non-hydrogen) atoms. The molecule has 0 radical (unpaired) electrons. The third-order valence-corrected chi connectivity index (χ3v) is 1.72. The van der Waals surface area contributed by atoms with Gasteiger partial charge in [-0.3, -0.25) is 4.79 Å². The summed E-state index contributed by atoms with van der Waals surface area (Å²) >= 11 is 8.88. The highest BCUT2D eigenvalue weighted by atomic mass is 79.9. The van der Waals surface area contributed by atoms with Gasteiger partial charge in [-0.1, -0.05) is 11.6 Å². The van der Waals surface area contributed by atoms with Gasteiger partial charge in [0.05, 0.1) is 0 Å². The maximum absolute atomic E-state index is 10.5. The highest BCUT2D eigenvalue weighted by Gasteiger charge is 2.05. The maximum atomic E-state index is 10.5. The number of carbonyl (C=O) groups is 1. The second-order valence-corrected chi connectivity index (χ2v) is 3.36. The van der Waals surface area contributed by atoms with Gasteiger partial charge in [0.15, 0.2) is 0 Å². The fourth-order valence-corrected chi connectivity index (χ4v) is 1.28. The molecule has 0 aliphatic heterocycles. The van der Waals surface area contributed by atoms with Crippen molar-refractivity contribution in [2.45, 2.75) is 6.92 Å². The number of esters is 1. The molecule has 0 bridgehead atoms. The van der Waals surface area contributed by atoms with Crippen LogP contribution in [0.15, 0.2) is 16.7 Å². The van der Waals surface area contributed by atoms with Crippen LogP contribution in [0.25, 0.3) is 0 Å². The largest absolute Gasteiger partial charge is 0.406 e. The number of nitrogens with zero attached hydrogens (tertiary/aromatic N) is 1. The number of ether oxygens (including phenoxy) is 1. The van der Waals surface area contributed by atoms with Crippen LogP contribution >= 0.6 is 27.5 Å². The zero-order valence-electron chi connectivity index (χ0n) is 6.17. The predicted octanol–water partition coefficient (Wildman–Crippen LogP) is 2.42. The average Bonchev–Trinajstić information content (AvgIpc) is 1.94. The van der Waals surface area contributed by atoms with E-state index >= 15 is 0 Å². The van der Waals surface area contributed by atoms with Crippen molar-refractivity contribution >= 4 is 33.5 Å². The highest BCUT2D eigenvalue weighted by molar-refractivity contribution is 9.10. The lowest BCUT2D eigenvalue weighted by Gasteiger charge is -2.01. The molecule has 0 saturated carbocycles. The van der Waals surface area contributed by atoms with E-state index in [0.717, 1.165) is 4.47 Å². The smallest absolute Gasteiger partial charge is 0.309 e. The summed E-state index contributed by atoms with van der Waals surface area (Å²) in [5.41, 5.74) is 0. The molecule has 1 rings (SSSR count). The van der Waals surface area contributed by atoms with Crippen LogP contribution in [0.1, 0.15) is 6.92 Å². The summed E-state index contributed by atoms with van der Waals surface area (Å²) in [6.07, 6.45) is 1.50. The Hall–Kier alpha value is -0.610. The molecule has 3 nitrogen and oxygen atoms in total. The van der Waals surface area contributed by atoms with Gasteiger partial charge in [0.25, 0.3) is 0 Å². The molecule has 0 aliphatic carbocycles. The third-order valence-electron chi connectivity index (χ3n) is 1.01. The van der Waals surface area contributed by atoms with Gasteiger partial charge in [-0.25, -0.2) is 4.98 Å². The lowest BCUT2D eigenvalue weighted by atomic mass is 10.5. The SMILES string of the molecule is CC(=O)Oc1ncc(Br)cc1Cl. The summed E-state index contributed by atoms with van der Waals surface area (Å²) in [5.74, 6) is -0.306. The second kappa shape index (κ2) is 3.87. The Bertz CT molecular complexity index is 316. The van der Waals surface area contributed by atoms with Crippen molar-refractivity contribution in [3.05, 3.63) is 21.8 Å². The zero-order chi connectivity index (χ0) is 9.14. The molecule has 0 N–H and O–H groups in total. The summed E-state index contributed by atoms with van der Waals surface area (Å²) in [7, 11) is 0. The topological polar surface area (TPSA) is 39.2 Å². The molecule has 0 fully saturated rings. The molecule has 0 saturated heterocycles. The first kappa shape index (κ1) is 9.48. The van der Waals surface area contributed by atoms with Crippen LogP contribution in [0.2, 0.25) is 5.02 Å². The Morgan fingerprint density at radius 3 is 2.92 bits per heavy atom. The van der Waals surface area contributed by atoms with Crippen LogP contribution in [0.5, 0.6) is 5.88 Å². The quantitative estimate of drug-likeness (QED) is 0.719. The van der Waals surface area contributed by atoms with Crippen molar-refractivity contribution < 1.29 is 9.53 Å². The Morgan fingerprint density at radius 1 is 1.75 bits per heavy atom. The molecule has 0 aromatic carbocycles. The van der Waals surface area contributed by atoms with E-state index in [2.05, 4.69) is 20.9 Å². The summed E-state index contributed by atoms with van der Waals surface area (Å²) in [6, 6.07) is 1.60. The summed E-state index contributed by atoms with van der Waals surface area (Å²) in [4.78, 5) is 14.3. The lowest BCUT2D eigenvalue weighted by Crippen LogP contribution is -2.03. The van der Waals surface area contributed by atoms with Crippen LogP contribution in [-0.4, -0.2) is 11.0 Å². The maximum Gasteiger partial charge on any atom is 0.309 e. The fourth-order valence-electron chi connectivity index (χ4n) is 0.613. The van der Waals surface area contributed by atoms with Crippen LogP contribution in [0.3, 0.4) is 0 Å². The van der Waals surface area contributed by atoms with Crippen LogP contribution in [0.4, 0.5) is 0 Å². The number of pyridine rings is 1. The van der Waals surface area contributed by atoms with E-state index in [4.69, 9.17) is 16.3 Å². The van der Waals surface area contributed by atoms with Crippen molar-refractivity contribution in [2.75, 3.05) is 0 Å². The van der Waals surface area contributed by atoms with Crippen LogP contribution < -0.4 is 4.74 Å². The first-order valence-electron chi connectivity index (χ1n) is 3.09. The summed E-state index contributed by atoms with van der Waals surface area (Å²) in [5, 5.41) is 0.305. The molecule has 1 heterocycles. The van der Waals surface area contributed by atoms with Gasteiger partial charge in [0, 0.05) is 17.6 Å². The molecule has 5 heteroatoms. The molecular weight excluding hydrogens is 245 g/mol. The molecule has 64 valence electrons. The minimum absolute atomic E-state index is 0.132. The van der Waals surface area contributed by atoms with Crippen molar-refractivity contribution in [1.29, 1.82) is 0 Å². The van der Waals surface area contributed by atoms with E-state index in [1.165, 1.54) is 13.1 Å². The lowest BCUT2D eigenvalue weighted by molar-refractivity contribution is -0.132. The monoisotopic (exact) mass is 249 g/mol. The van der Waals surface area contributed by atoms with E-state index in [1.807, 2.05) is 0 Å². The second-order valence-electron chi connectivity index (χ2n) is 2.03. The Labute approximate surface area is 82.8 Å². The third kappa shape index (κ3) is 2.46. The highest BCUT2D eigenvalue weighted by Crippen LogP contribution is 2.24. The molecule has 0 atom stereocenters. The van der Waals surface area contributed by atoms with Gasteiger partial charge in [-0.15, -0.1) is 0 Å². The molecule has 0 aliphatic rings. The Kier molecular flexibility index (Phi) is 3.05. The Balaban J connectivity index is 2.93. The Morgan fingerprint density at radius 2 is 2.42 bits per heavy atom. The van der Waals surface area contributed by atoms with Crippen molar-refractivity contribution in [1.82, 2.24) is 4.98 Å². The molecule has 1 aromatic heterocycles. The summed E-state index contributed by atoms with van der Waals surface area (Å²) < 4.78 is 5.44. The van der Waals surface area contributed by atoms with Gasteiger partial charge in [-0.05, 0) is 22.0 Å². The molecule has 0 spiro atoms. The number of hydrogen-bond acceptors (Lipinski definition) is 3. The molecular formula is C7H5BrClNO2. The molecule has 1 aromatic rings. The predicted molar refractivity (Wildman–Crippen MR) is 48.3 cm³/mol. The normalized spacial score (nSPS) is 9.58. The number of hydrogen-bond donors (Lipinski definition) is 0. The first-order valence-corrected chi connectivity index (χ1v) is 4.26. The van der Waals surface area contributed by atoms with E-state index in [-0.39, 0.29) is 5.88 Å². The zero-order valence-corrected chi connectivity index (χ0v) is 8.52. The summed E-state index contributed by atoms with van der Waals surface area (Å²) in [6.45, 7) is 1.29. The van der Waals surface area contributed by atoms with E-state index < -0.39 is 5.97 Å². The number of halogens is 2. The van der Waals surface area contributed by atoms with E-state index in [9.17, 15) is 4.79 Å². The van der Waals surface area contributed by atoms with Crippen LogP contribution in [0, 0.1) is 0 Å². The molecule has 0 amide bonds. The number of carbonyl (C=O) groups excluding carboxylic acids is 1. The van der Waals surface area contributed by atoms with Crippen LogP contribution in [-0.2, 0) is 4.79 Å². The van der Waals surface area contributed by atoms with Crippen molar-refractivity contribution in [2.24, 2.45) is 0 Å². The number of rotatable bonds is 1. The standard InChI is InChI=1S/C7H5BrClNO2/c1-4(11)12-7-6(9)2-5(8)3-10-7/h2-3H,1H3. The van der Waals surface area contributed by atoms with Crippen molar-refractivity contribution in [3.63, 3.8) is 0 Å². The number of aromatic nitrogens is 1. The van der Waals surface area contributed by atoms with E-state index in [1.54, 1.807) is 6.07 Å². The average molecular weight is 250 g/mol. The van der Waals surface area contributed by atoms with Crippen molar-refractivity contribution in [3.8, 4) is 5.88 Å². The van der Waals surface area contributed by atoms with Gasteiger partial charge < -0.3 is 4.74 Å². The fraction of sp³-hybridized carbons (Fsp3) is 0.143. The van der Waals surface area contributed by atoms with Gasteiger partial charge in [0.2, 0.25) is 5.88 Å². The van der Waals surface area contributed by atoms with E-state index in [0.29, 0.717) is 5.02 Å². The minimum Gasteiger partial charge on any atom is -0.406 e. The van der Waals surface area contributed by atoms with Gasteiger partial charge in [-0.2, -0.15) is 0 Å².